The van der Waals surface area contributed by atoms with Crippen LogP contribution in [0.1, 0.15) is 12.8 Å². The molecule has 1 aliphatic heterocycles. The Balaban J connectivity index is 1.86. The summed E-state index contributed by atoms with van der Waals surface area (Å²) < 4.78 is 16.1. The molecule has 1 N–H and O–H groups in total. The molecule has 1 aromatic carbocycles. The van der Waals surface area contributed by atoms with Crippen LogP contribution in [0.15, 0.2) is 24.4 Å². The van der Waals surface area contributed by atoms with Crippen molar-refractivity contribution in [1.82, 2.24) is 9.97 Å². The molecule has 2 heterocycles. The third-order valence-corrected chi connectivity index (χ3v) is 3.99. The van der Waals surface area contributed by atoms with Crippen molar-refractivity contribution in [2.24, 2.45) is 0 Å². The summed E-state index contributed by atoms with van der Waals surface area (Å²) in [5.41, 5.74) is 0.767. The van der Waals surface area contributed by atoms with Gasteiger partial charge in [0.15, 0.2) is 11.5 Å². The van der Waals surface area contributed by atoms with Gasteiger partial charge in [0.25, 0.3) is 0 Å². The van der Waals surface area contributed by atoms with Gasteiger partial charge in [-0.3, -0.25) is 0 Å². The lowest BCUT2D eigenvalue weighted by Crippen LogP contribution is -2.19. The average molecular weight is 330 g/mol. The minimum atomic E-state index is 0.536. The van der Waals surface area contributed by atoms with Gasteiger partial charge in [-0.15, -0.1) is 0 Å². The van der Waals surface area contributed by atoms with Gasteiger partial charge in [-0.1, -0.05) is 0 Å². The van der Waals surface area contributed by atoms with Gasteiger partial charge < -0.3 is 24.4 Å². The molecule has 0 unspecified atom stereocenters. The Kier molecular flexibility index (Phi) is 4.88. The Morgan fingerprint density at radius 1 is 1.00 bits per heavy atom. The molecule has 0 atom stereocenters. The normalized spacial score (nSPS) is 13.7. The van der Waals surface area contributed by atoms with E-state index in [4.69, 9.17) is 14.2 Å². The number of rotatable bonds is 6. The molecule has 0 spiro atoms. The van der Waals surface area contributed by atoms with Crippen LogP contribution in [-0.4, -0.2) is 44.4 Å². The molecule has 0 amide bonds. The first-order valence-corrected chi connectivity index (χ1v) is 7.90. The van der Waals surface area contributed by atoms with Gasteiger partial charge >= 0.3 is 0 Å². The topological polar surface area (TPSA) is 68.7 Å². The third-order valence-electron chi connectivity index (χ3n) is 3.99. The SMILES string of the molecule is COc1cc(Nc2nccc(N3CCCC3)n2)cc(OC)c1OC. The fraction of sp³-hybridized carbons (Fsp3) is 0.412. The molecule has 3 rings (SSSR count). The van der Waals surface area contributed by atoms with Gasteiger partial charge in [0.05, 0.1) is 21.3 Å². The van der Waals surface area contributed by atoms with Gasteiger partial charge in [-0.05, 0) is 18.9 Å². The van der Waals surface area contributed by atoms with E-state index in [1.54, 1.807) is 27.5 Å². The van der Waals surface area contributed by atoms with Crippen LogP contribution in [-0.2, 0) is 0 Å². The molecule has 7 heteroatoms. The van der Waals surface area contributed by atoms with E-state index >= 15 is 0 Å². The van der Waals surface area contributed by atoms with E-state index in [2.05, 4.69) is 20.2 Å². The van der Waals surface area contributed by atoms with E-state index < -0.39 is 0 Å². The Morgan fingerprint density at radius 2 is 1.67 bits per heavy atom. The fourth-order valence-corrected chi connectivity index (χ4v) is 2.81. The lowest BCUT2D eigenvalue weighted by atomic mass is 10.2. The maximum Gasteiger partial charge on any atom is 0.229 e. The van der Waals surface area contributed by atoms with Crippen molar-refractivity contribution in [2.75, 3.05) is 44.6 Å². The van der Waals surface area contributed by atoms with Crippen molar-refractivity contribution >= 4 is 17.5 Å². The summed E-state index contributed by atoms with van der Waals surface area (Å²) in [6.45, 7) is 2.08. The van der Waals surface area contributed by atoms with Crippen LogP contribution in [0.4, 0.5) is 17.5 Å². The highest BCUT2D eigenvalue weighted by Crippen LogP contribution is 2.40. The third kappa shape index (κ3) is 3.29. The second-order valence-electron chi connectivity index (χ2n) is 5.47. The van der Waals surface area contributed by atoms with Crippen LogP contribution >= 0.6 is 0 Å². The second-order valence-corrected chi connectivity index (χ2v) is 5.47. The highest BCUT2D eigenvalue weighted by molar-refractivity contribution is 5.66. The zero-order valence-corrected chi connectivity index (χ0v) is 14.2. The molecular formula is C17H22N4O3. The summed E-state index contributed by atoms with van der Waals surface area (Å²) >= 11 is 0. The van der Waals surface area contributed by atoms with Gasteiger partial charge in [0.2, 0.25) is 11.7 Å². The molecule has 1 saturated heterocycles. The first-order chi connectivity index (χ1) is 11.7. The largest absolute Gasteiger partial charge is 0.493 e. The molecule has 7 nitrogen and oxygen atoms in total. The molecular weight excluding hydrogens is 308 g/mol. The van der Waals surface area contributed by atoms with E-state index in [0.29, 0.717) is 23.2 Å². The maximum absolute atomic E-state index is 5.37. The Hall–Kier alpha value is -2.70. The average Bonchev–Trinajstić information content (AvgIpc) is 3.15. The highest BCUT2D eigenvalue weighted by Gasteiger charge is 2.16. The smallest absolute Gasteiger partial charge is 0.229 e. The zero-order chi connectivity index (χ0) is 16.9. The Bertz CT molecular complexity index is 677. The molecule has 24 heavy (non-hydrogen) atoms. The number of ether oxygens (including phenoxy) is 3. The van der Waals surface area contributed by atoms with Crippen LogP contribution in [0.3, 0.4) is 0 Å². The number of nitrogens with zero attached hydrogens (tertiary/aromatic N) is 3. The monoisotopic (exact) mass is 330 g/mol. The molecule has 0 bridgehead atoms. The summed E-state index contributed by atoms with van der Waals surface area (Å²) in [5, 5.41) is 3.20. The summed E-state index contributed by atoms with van der Waals surface area (Å²) in [7, 11) is 4.76. The summed E-state index contributed by atoms with van der Waals surface area (Å²) in [6.07, 6.45) is 4.18. The van der Waals surface area contributed by atoms with Crippen LogP contribution in [0.25, 0.3) is 0 Å². The first-order valence-electron chi connectivity index (χ1n) is 7.90. The number of nitrogens with one attached hydrogen (secondary N) is 1. The van der Waals surface area contributed by atoms with E-state index in [1.165, 1.54) is 12.8 Å². The standard InChI is InChI=1S/C17H22N4O3/c1-22-13-10-12(11-14(23-2)16(13)24-3)19-17-18-7-6-15(20-17)21-8-4-5-9-21/h6-7,10-11H,4-5,8-9H2,1-3H3,(H,18,19,20). The van der Waals surface area contributed by atoms with Crippen molar-refractivity contribution in [3.8, 4) is 17.2 Å². The summed E-state index contributed by atoms with van der Waals surface area (Å²) in [5.74, 6) is 3.19. The van der Waals surface area contributed by atoms with Crippen molar-refractivity contribution in [2.45, 2.75) is 12.8 Å². The van der Waals surface area contributed by atoms with Gasteiger partial charge in [-0.25, -0.2) is 4.98 Å². The maximum atomic E-state index is 5.37. The van der Waals surface area contributed by atoms with Crippen molar-refractivity contribution < 1.29 is 14.2 Å². The van der Waals surface area contributed by atoms with Crippen LogP contribution in [0, 0.1) is 0 Å². The number of methoxy groups -OCH3 is 3. The molecule has 1 aliphatic rings. The quantitative estimate of drug-likeness (QED) is 0.873. The molecule has 1 aromatic heterocycles. The summed E-state index contributed by atoms with van der Waals surface area (Å²) in [4.78, 5) is 11.2. The van der Waals surface area contributed by atoms with E-state index in [0.717, 1.165) is 24.6 Å². The second kappa shape index (κ2) is 7.25. The fourth-order valence-electron chi connectivity index (χ4n) is 2.81. The molecule has 0 aliphatic carbocycles. The molecule has 0 saturated carbocycles. The number of aromatic nitrogens is 2. The zero-order valence-electron chi connectivity index (χ0n) is 14.2. The first kappa shape index (κ1) is 16.2. The number of hydrogen-bond donors (Lipinski definition) is 1. The van der Waals surface area contributed by atoms with E-state index in [9.17, 15) is 0 Å². The number of hydrogen-bond acceptors (Lipinski definition) is 7. The Morgan fingerprint density at radius 3 is 2.25 bits per heavy atom. The predicted molar refractivity (Wildman–Crippen MR) is 92.9 cm³/mol. The van der Waals surface area contributed by atoms with Crippen molar-refractivity contribution in [1.29, 1.82) is 0 Å². The molecule has 128 valence electrons. The highest BCUT2D eigenvalue weighted by atomic mass is 16.5. The number of benzene rings is 1. The van der Waals surface area contributed by atoms with Crippen molar-refractivity contribution in [3.05, 3.63) is 24.4 Å². The van der Waals surface area contributed by atoms with Crippen molar-refractivity contribution in [3.63, 3.8) is 0 Å². The number of anilines is 3. The predicted octanol–water partition coefficient (Wildman–Crippen LogP) is 2.85. The van der Waals surface area contributed by atoms with E-state index in [1.807, 2.05) is 18.2 Å². The molecule has 1 fully saturated rings. The molecule has 0 radical (unpaired) electrons. The Labute approximate surface area is 141 Å². The van der Waals surface area contributed by atoms with Crippen LogP contribution < -0.4 is 24.4 Å². The van der Waals surface area contributed by atoms with Crippen LogP contribution in [0.5, 0.6) is 17.2 Å². The van der Waals surface area contributed by atoms with Crippen LogP contribution in [0.2, 0.25) is 0 Å². The van der Waals surface area contributed by atoms with Gasteiger partial charge in [0.1, 0.15) is 5.82 Å². The van der Waals surface area contributed by atoms with Gasteiger partial charge in [0, 0.05) is 37.1 Å². The minimum absolute atomic E-state index is 0.536. The lowest BCUT2D eigenvalue weighted by Gasteiger charge is -2.17. The summed E-state index contributed by atoms with van der Waals surface area (Å²) in [6, 6.07) is 5.59. The minimum Gasteiger partial charge on any atom is -0.493 e. The van der Waals surface area contributed by atoms with Gasteiger partial charge in [-0.2, -0.15) is 4.98 Å². The lowest BCUT2D eigenvalue weighted by molar-refractivity contribution is 0.324. The van der Waals surface area contributed by atoms with E-state index in [-0.39, 0.29) is 0 Å². The molecule has 2 aromatic rings.